The number of carbonyl (C=O) groups is 1. The van der Waals surface area contributed by atoms with Gasteiger partial charge < -0.3 is 15.5 Å². The van der Waals surface area contributed by atoms with Gasteiger partial charge in [0.15, 0.2) is 0 Å². The molecule has 3 rings (SSSR count). The van der Waals surface area contributed by atoms with E-state index in [1.54, 1.807) is 0 Å². The van der Waals surface area contributed by atoms with Crippen LogP contribution in [0.5, 0.6) is 0 Å². The molecule has 1 fully saturated rings. The summed E-state index contributed by atoms with van der Waals surface area (Å²) in [5.74, 6) is 0.901. The minimum Gasteiger partial charge on any atom is -0.341 e. The van der Waals surface area contributed by atoms with Crippen LogP contribution in [0.4, 0.5) is 0 Å². The highest BCUT2D eigenvalue weighted by Crippen LogP contribution is 2.20. The van der Waals surface area contributed by atoms with E-state index in [0.717, 1.165) is 58.4 Å². The number of hydrogen-bond acceptors (Lipinski definition) is 3. The minimum atomic E-state index is 0.304. The summed E-state index contributed by atoms with van der Waals surface area (Å²) in [4.78, 5) is 14.1. The first kappa shape index (κ1) is 21.8. The van der Waals surface area contributed by atoms with E-state index in [-0.39, 0.29) is 0 Å². The van der Waals surface area contributed by atoms with E-state index in [1.807, 2.05) is 4.90 Å². The van der Waals surface area contributed by atoms with E-state index in [1.165, 1.54) is 16.3 Å². The monoisotopic (exact) mass is 395 g/mol. The van der Waals surface area contributed by atoms with E-state index < -0.39 is 0 Å². The number of fused-ring (bicyclic) bond motifs is 1. The largest absolute Gasteiger partial charge is 0.341 e. The van der Waals surface area contributed by atoms with Crippen LogP contribution in [0.3, 0.4) is 0 Å². The van der Waals surface area contributed by atoms with Crippen molar-refractivity contribution in [2.75, 3.05) is 32.7 Å². The zero-order valence-electron chi connectivity index (χ0n) is 18.1. The molecule has 2 N–H and O–H groups in total. The molecule has 0 aliphatic carbocycles. The van der Waals surface area contributed by atoms with Crippen molar-refractivity contribution < 1.29 is 4.79 Å². The summed E-state index contributed by atoms with van der Waals surface area (Å²) in [6, 6.07) is 16.0. The predicted octanol–water partition coefficient (Wildman–Crippen LogP) is 3.99. The normalized spacial score (nSPS) is 17.3. The summed E-state index contributed by atoms with van der Waals surface area (Å²) in [7, 11) is 0. The lowest BCUT2D eigenvalue weighted by Crippen LogP contribution is -2.37. The molecule has 1 heterocycles. The van der Waals surface area contributed by atoms with Gasteiger partial charge in [-0.1, -0.05) is 56.3 Å². The first-order valence-electron chi connectivity index (χ1n) is 11.4. The maximum absolute atomic E-state index is 12.0. The molecule has 2 unspecified atom stereocenters. The fraction of sp³-hybridized carbons (Fsp3) is 0.560. The van der Waals surface area contributed by atoms with Crippen LogP contribution in [0.25, 0.3) is 10.8 Å². The van der Waals surface area contributed by atoms with Crippen molar-refractivity contribution in [3.63, 3.8) is 0 Å². The number of nitrogens with one attached hydrogen (secondary N) is 2. The van der Waals surface area contributed by atoms with Gasteiger partial charge in [-0.15, -0.1) is 0 Å². The highest BCUT2D eigenvalue weighted by atomic mass is 16.2. The van der Waals surface area contributed by atoms with Gasteiger partial charge in [0.25, 0.3) is 0 Å². The first-order valence-corrected chi connectivity index (χ1v) is 11.4. The van der Waals surface area contributed by atoms with Crippen molar-refractivity contribution in [3.8, 4) is 0 Å². The Morgan fingerprint density at radius 3 is 2.76 bits per heavy atom. The van der Waals surface area contributed by atoms with Crippen LogP contribution in [0.15, 0.2) is 42.5 Å². The minimum absolute atomic E-state index is 0.304. The fourth-order valence-electron chi connectivity index (χ4n) is 4.40. The van der Waals surface area contributed by atoms with Gasteiger partial charge in [0.1, 0.15) is 0 Å². The van der Waals surface area contributed by atoms with Gasteiger partial charge in [-0.25, -0.2) is 0 Å². The number of carbonyl (C=O) groups excluding carboxylic acids is 1. The first-order chi connectivity index (χ1) is 14.2. The van der Waals surface area contributed by atoms with Gasteiger partial charge in [-0.05, 0) is 54.5 Å². The van der Waals surface area contributed by atoms with Crippen molar-refractivity contribution in [1.82, 2.24) is 15.5 Å². The molecule has 4 nitrogen and oxygen atoms in total. The summed E-state index contributed by atoms with van der Waals surface area (Å²) in [6.45, 7) is 9.16. The number of nitrogens with zero attached hydrogens (tertiary/aromatic N) is 1. The lowest BCUT2D eigenvalue weighted by atomic mass is 9.91. The molecule has 0 bridgehead atoms. The molecule has 0 radical (unpaired) electrons. The van der Waals surface area contributed by atoms with Crippen LogP contribution in [-0.4, -0.2) is 49.6 Å². The quantitative estimate of drug-likeness (QED) is 0.598. The third-order valence-electron chi connectivity index (χ3n) is 6.19. The van der Waals surface area contributed by atoms with Crippen LogP contribution in [0, 0.1) is 5.92 Å². The molecule has 4 heteroatoms. The molecule has 1 saturated heterocycles. The van der Waals surface area contributed by atoms with Gasteiger partial charge in [0, 0.05) is 38.6 Å². The van der Waals surface area contributed by atoms with Gasteiger partial charge in [0.2, 0.25) is 5.91 Å². The third kappa shape index (κ3) is 6.55. The summed E-state index contributed by atoms with van der Waals surface area (Å²) in [5, 5.41) is 9.71. The van der Waals surface area contributed by atoms with E-state index in [2.05, 4.69) is 66.9 Å². The summed E-state index contributed by atoms with van der Waals surface area (Å²) < 4.78 is 0. The SMILES string of the molecule is CCC(NCCCCN1CCNCCC1=O)C(C)Cc1ccc2ccccc2c1. The molecule has 2 aromatic rings. The molecule has 0 saturated carbocycles. The Balaban J connectivity index is 1.41. The molecule has 29 heavy (non-hydrogen) atoms. The molecule has 0 spiro atoms. The lowest BCUT2D eigenvalue weighted by molar-refractivity contribution is -0.130. The topological polar surface area (TPSA) is 44.4 Å². The Bertz CT molecular complexity index is 776. The highest BCUT2D eigenvalue weighted by Gasteiger charge is 2.17. The Morgan fingerprint density at radius 1 is 1.10 bits per heavy atom. The van der Waals surface area contributed by atoms with E-state index in [0.29, 0.717) is 24.3 Å². The summed E-state index contributed by atoms with van der Waals surface area (Å²) >= 11 is 0. The van der Waals surface area contributed by atoms with Crippen molar-refractivity contribution >= 4 is 16.7 Å². The zero-order chi connectivity index (χ0) is 20.5. The average Bonchev–Trinajstić information content (AvgIpc) is 2.94. The summed E-state index contributed by atoms with van der Waals surface area (Å²) in [6.07, 6.45) is 5.09. The smallest absolute Gasteiger partial charge is 0.223 e. The van der Waals surface area contributed by atoms with Crippen LogP contribution in [-0.2, 0) is 11.2 Å². The summed E-state index contributed by atoms with van der Waals surface area (Å²) in [5.41, 5.74) is 1.42. The molecule has 1 aliphatic heterocycles. The van der Waals surface area contributed by atoms with Crippen LogP contribution >= 0.6 is 0 Å². The van der Waals surface area contributed by atoms with Crippen LogP contribution in [0.1, 0.15) is 45.1 Å². The second-order valence-electron chi connectivity index (χ2n) is 8.42. The van der Waals surface area contributed by atoms with Crippen molar-refractivity contribution in [2.24, 2.45) is 5.92 Å². The standard InChI is InChI=1S/C25H37N3O/c1-3-24(27-13-6-7-16-28-17-15-26-14-12-25(28)29)20(2)18-21-10-11-22-8-4-5-9-23(22)19-21/h4-5,8-11,19-20,24,26-27H,3,6-7,12-18H2,1-2H3. The van der Waals surface area contributed by atoms with Crippen molar-refractivity contribution in [2.45, 2.75) is 52.0 Å². The molecular formula is C25H37N3O. The molecule has 2 atom stereocenters. The number of hydrogen-bond donors (Lipinski definition) is 2. The number of unbranched alkanes of at least 4 members (excludes halogenated alkanes) is 1. The van der Waals surface area contributed by atoms with E-state index >= 15 is 0 Å². The van der Waals surface area contributed by atoms with Gasteiger partial charge in [-0.2, -0.15) is 0 Å². The third-order valence-corrected chi connectivity index (χ3v) is 6.19. The van der Waals surface area contributed by atoms with Crippen LogP contribution in [0.2, 0.25) is 0 Å². The number of rotatable bonds is 10. The Hall–Kier alpha value is -1.91. The second-order valence-corrected chi connectivity index (χ2v) is 8.42. The molecule has 1 aliphatic rings. The lowest BCUT2D eigenvalue weighted by Gasteiger charge is -2.25. The Kier molecular flexibility index (Phi) is 8.51. The second kappa shape index (κ2) is 11.3. The molecule has 1 amide bonds. The fourth-order valence-corrected chi connectivity index (χ4v) is 4.40. The number of amides is 1. The maximum Gasteiger partial charge on any atom is 0.223 e. The van der Waals surface area contributed by atoms with Gasteiger partial charge >= 0.3 is 0 Å². The molecule has 0 aromatic heterocycles. The molecule has 2 aromatic carbocycles. The Labute approximate surface area is 176 Å². The molecular weight excluding hydrogens is 358 g/mol. The maximum atomic E-state index is 12.0. The van der Waals surface area contributed by atoms with Crippen molar-refractivity contribution in [3.05, 3.63) is 48.0 Å². The van der Waals surface area contributed by atoms with Crippen molar-refractivity contribution in [1.29, 1.82) is 0 Å². The average molecular weight is 396 g/mol. The Morgan fingerprint density at radius 2 is 1.93 bits per heavy atom. The van der Waals surface area contributed by atoms with Crippen LogP contribution < -0.4 is 10.6 Å². The number of benzene rings is 2. The van der Waals surface area contributed by atoms with E-state index in [9.17, 15) is 4.79 Å². The predicted molar refractivity (Wildman–Crippen MR) is 122 cm³/mol. The van der Waals surface area contributed by atoms with E-state index in [4.69, 9.17) is 0 Å². The highest BCUT2D eigenvalue weighted by molar-refractivity contribution is 5.83. The molecule has 158 valence electrons. The van der Waals surface area contributed by atoms with Gasteiger partial charge in [0.05, 0.1) is 0 Å². The zero-order valence-corrected chi connectivity index (χ0v) is 18.1. The van der Waals surface area contributed by atoms with Gasteiger partial charge in [-0.3, -0.25) is 4.79 Å².